The molecular weight excluding hydrogens is 1840 g/mol. The van der Waals surface area contributed by atoms with Gasteiger partial charge in [-0.1, -0.05) is 388 Å². The van der Waals surface area contributed by atoms with E-state index < -0.39 is 0 Å². The molecule has 0 aliphatic carbocycles. The number of benzene rings is 21. The summed E-state index contributed by atoms with van der Waals surface area (Å²) in [7, 11) is 0. The largest absolute Gasteiger partial charge is 0.454 e. The van der Waals surface area contributed by atoms with Gasteiger partial charge in [0.05, 0.1) is 38.8 Å². The molecule has 0 N–H and O–H groups in total. The highest BCUT2D eigenvalue weighted by Gasteiger charge is 2.28. The number of hydrogen-bond donors (Lipinski definition) is 0. The quantitative estimate of drug-likeness (QED) is 0.0953. The van der Waals surface area contributed by atoms with Crippen LogP contribution in [0.15, 0.2) is 523 Å². The third kappa shape index (κ3) is 15.6. The van der Waals surface area contributed by atoms with E-state index in [1.54, 1.807) is 0 Å². The summed E-state index contributed by atoms with van der Waals surface area (Å²) in [6.45, 7) is 0. The fraction of sp³-hybridized carbons (Fsp3) is 0. The molecule has 0 fully saturated rings. The Kier molecular flexibility index (Phi) is 21.5. The highest BCUT2D eigenvalue weighted by molar-refractivity contribution is 6.25. The van der Waals surface area contributed by atoms with Gasteiger partial charge in [0.15, 0.2) is 69.2 Å². The molecule has 9 aromatic heterocycles. The number of nitrogens with zero attached hydrogens (tertiary/aromatic N) is 12. The minimum Gasteiger partial charge on any atom is -0.454 e. The van der Waals surface area contributed by atoms with Crippen LogP contribution < -0.4 is 0 Å². The molecule has 21 aromatic carbocycles. The van der Waals surface area contributed by atoms with Crippen molar-refractivity contribution in [3.8, 4) is 153 Å². The van der Waals surface area contributed by atoms with Crippen molar-refractivity contribution >= 4 is 131 Å². The lowest BCUT2D eigenvalue weighted by atomic mass is 10.0. The number of para-hydroxylation sites is 7. The number of aromatic nitrogens is 12. The van der Waals surface area contributed by atoms with Crippen LogP contribution in [-0.4, -0.2) is 58.6 Å². The monoisotopic (exact) mass is 1920 g/mol. The van der Waals surface area contributed by atoms with Crippen LogP contribution >= 0.6 is 0 Å². The Morgan fingerprint density at radius 2 is 0.387 bits per heavy atom. The van der Waals surface area contributed by atoms with Gasteiger partial charge in [-0.15, -0.1) is 0 Å². The highest BCUT2D eigenvalue weighted by atomic mass is 16.3. The smallest absolute Gasteiger partial charge is 0.166 e. The molecule has 0 amide bonds. The Hall–Kier alpha value is -20.6. The third-order valence-corrected chi connectivity index (χ3v) is 28.4. The van der Waals surface area contributed by atoms with Crippen molar-refractivity contribution in [1.82, 2.24) is 58.6 Å². The summed E-state index contributed by atoms with van der Waals surface area (Å²) >= 11 is 0. The summed E-state index contributed by atoms with van der Waals surface area (Å²) in [4.78, 5) is 45.6. The van der Waals surface area contributed by atoms with E-state index >= 15 is 0 Å². The predicted molar refractivity (Wildman–Crippen MR) is 610 cm³/mol. The first-order valence-corrected chi connectivity index (χ1v) is 50.1. The molecule has 150 heavy (non-hydrogen) atoms. The van der Waals surface area contributed by atoms with Crippen LogP contribution in [0.25, 0.3) is 284 Å². The van der Waals surface area contributed by atoms with E-state index in [0.717, 1.165) is 221 Å². The molecule has 0 atom stereocenters. The predicted octanol–water partition coefficient (Wildman–Crippen LogP) is 34.6. The molecule has 0 bridgehead atoms. The Bertz CT molecular complexity index is 10500. The van der Waals surface area contributed by atoms with E-state index in [1.165, 1.54) is 10.8 Å². The highest BCUT2D eigenvalue weighted by Crippen LogP contribution is 2.47. The van der Waals surface area contributed by atoms with E-state index in [1.807, 2.05) is 152 Å². The van der Waals surface area contributed by atoms with Crippen molar-refractivity contribution in [1.29, 1.82) is 0 Å². The van der Waals surface area contributed by atoms with Crippen molar-refractivity contribution < 1.29 is 13.3 Å². The summed E-state index contributed by atoms with van der Waals surface area (Å²) in [6.07, 6.45) is 0. The summed E-state index contributed by atoms with van der Waals surface area (Å²) in [5.41, 5.74) is 29.7. The van der Waals surface area contributed by atoms with Crippen LogP contribution in [0, 0.1) is 0 Å². The van der Waals surface area contributed by atoms with Crippen LogP contribution in [0.5, 0.6) is 0 Å². The van der Waals surface area contributed by atoms with E-state index in [9.17, 15) is 0 Å². The molecule has 30 aromatic rings. The average molecular weight is 1920 g/mol. The Balaban J connectivity index is 0.000000108. The van der Waals surface area contributed by atoms with E-state index in [4.69, 9.17) is 58.1 Å². The lowest BCUT2D eigenvalue weighted by Crippen LogP contribution is -2.03. The fourth-order valence-electron chi connectivity index (χ4n) is 21.3. The number of furan rings is 3. The summed E-state index contributed by atoms with van der Waals surface area (Å²) in [6, 6.07) is 175. The van der Waals surface area contributed by atoms with Crippen molar-refractivity contribution in [2.75, 3.05) is 0 Å². The van der Waals surface area contributed by atoms with Gasteiger partial charge in [-0.2, -0.15) is 0 Å². The topological polar surface area (TPSA) is 170 Å². The minimum atomic E-state index is 0.595. The second-order valence-electron chi connectivity index (χ2n) is 37.3. The number of rotatable bonds is 15. The zero-order valence-corrected chi connectivity index (χ0v) is 80.6. The molecule has 0 spiro atoms. The van der Waals surface area contributed by atoms with Crippen molar-refractivity contribution in [2.45, 2.75) is 0 Å². The van der Waals surface area contributed by atoms with Crippen molar-refractivity contribution in [3.05, 3.63) is 510 Å². The lowest BCUT2D eigenvalue weighted by molar-refractivity contribution is 0.670. The second-order valence-corrected chi connectivity index (χ2v) is 37.3. The molecular formula is C135H84N12O3. The molecule has 0 unspecified atom stereocenters. The zero-order valence-electron chi connectivity index (χ0n) is 80.6. The Morgan fingerprint density at radius 3 is 0.753 bits per heavy atom. The van der Waals surface area contributed by atoms with Crippen LogP contribution in [0.3, 0.4) is 0 Å². The first-order chi connectivity index (χ1) is 74.4. The van der Waals surface area contributed by atoms with Gasteiger partial charge in [0, 0.05) is 126 Å². The van der Waals surface area contributed by atoms with E-state index in [2.05, 4.69) is 372 Å². The molecule has 0 saturated heterocycles. The van der Waals surface area contributed by atoms with Gasteiger partial charge in [0.2, 0.25) is 0 Å². The molecule has 15 nitrogen and oxygen atoms in total. The zero-order chi connectivity index (χ0) is 99.1. The first kappa shape index (κ1) is 87.3. The van der Waals surface area contributed by atoms with Crippen LogP contribution in [0.2, 0.25) is 0 Å². The molecule has 9 heterocycles. The Morgan fingerprint density at radius 1 is 0.140 bits per heavy atom. The van der Waals surface area contributed by atoms with E-state index in [-0.39, 0.29) is 0 Å². The Labute approximate surface area is 859 Å². The molecule has 0 radical (unpaired) electrons. The molecule has 0 saturated carbocycles. The van der Waals surface area contributed by atoms with Crippen molar-refractivity contribution in [3.63, 3.8) is 0 Å². The van der Waals surface area contributed by atoms with Gasteiger partial charge in [-0.05, 0) is 155 Å². The maximum Gasteiger partial charge on any atom is 0.166 e. The van der Waals surface area contributed by atoms with Gasteiger partial charge in [0.1, 0.15) is 16.7 Å². The molecule has 702 valence electrons. The number of hydrogen-bond acceptors (Lipinski definition) is 12. The summed E-state index contributed by atoms with van der Waals surface area (Å²) < 4.78 is 26.7. The minimum absolute atomic E-state index is 0.595. The van der Waals surface area contributed by atoms with Gasteiger partial charge in [0.25, 0.3) is 0 Å². The standard InChI is InChI=1S/3C45H28N4O/c1-3-14-29(15-4-1)31-18-13-19-32(28-31)44-46-43(30-16-5-2-6-17-30)47-45(48-44)37-22-8-11-24-39(37)49-38-23-10-7-20-33(38)35-26-27-36-34-21-9-12-25-40(34)50-42(36)41(35)49;1-3-13-29(14-4-1)31-17-11-18-32(27-31)44-46-43(30-15-5-2-6-16-30)47-45(48-44)33-19-12-20-34(28-33)49-39-23-9-7-21-35(39)37-25-26-38-36-22-8-10-24-40(36)50-42(38)41(37)49;1-3-12-29(13-4-1)32-16-11-17-33(28-32)45-47-43(30-14-5-2-6-15-30)46-44(48-45)31-22-24-34(25-23-31)49-39-20-9-7-18-35(39)37-26-27-38-36-19-8-10-21-40(36)50-42(38)41(37)49/h3*1-28H. The maximum atomic E-state index is 6.64. The van der Waals surface area contributed by atoms with Crippen molar-refractivity contribution in [2.24, 2.45) is 0 Å². The van der Waals surface area contributed by atoms with Crippen LogP contribution in [0.4, 0.5) is 0 Å². The third-order valence-electron chi connectivity index (χ3n) is 28.4. The number of fused-ring (bicyclic) bond motifs is 21. The van der Waals surface area contributed by atoms with E-state index in [0.29, 0.717) is 52.4 Å². The summed E-state index contributed by atoms with van der Waals surface area (Å²) in [5.74, 6) is 5.57. The normalized spacial score (nSPS) is 11.6. The first-order valence-electron chi connectivity index (χ1n) is 50.1. The van der Waals surface area contributed by atoms with Gasteiger partial charge in [-0.25, -0.2) is 44.9 Å². The molecule has 0 aliphatic rings. The molecule has 0 aliphatic heterocycles. The molecule has 15 heteroatoms. The lowest BCUT2D eigenvalue weighted by Gasteiger charge is -2.15. The summed E-state index contributed by atoms with van der Waals surface area (Å²) in [5, 5.41) is 13.5. The van der Waals surface area contributed by atoms with Gasteiger partial charge in [-0.3, -0.25) is 0 Å². The van der Waals surface area contributed by atoms with Crippen LogP contribution in [-0.2, 0) is 0 Å². The van der Waals surface area contributed by atoms with Gasteiger partial charge >= 0.3 is 0 Å². The molecule has 30 rings (SSSR count). The maximum absolute atomic E-state index is 6.64. The second kappa shape index (κ2) is 37.0. The fourth-order valence-corrected chi connectivity index (χ4v) is 21.3. The SMILES string of the molecule is c1ccc(-c2cccc(-c3nc(-c4ccccc4)nc(-c4ccc(-n5c6ccccc6c6ccc7c8ccccc8oc7c65)cc4)n3)c2)cc1.c1ccc(-c2cccc(-c3nc(-c4ccccc4)nc(-c4cccc(-n5c6ccccc6c6ccc7c8ccccc8oc7c65)c4)n3)c2)cc1.c1ccc(-c2cccc(-c3nc(-c4ccccc4)nc(-c4ccccc4-n4c5ccccc5c5ccc6c7ccccc7oc6c54)n3)c2)cc1. The van der Waals surface area contributed by atoms with Crippen LogP contribution in [0.1, 0.15) is 0 Å². The van der Waals surface area contributed by atoms with Gasteiger partial charge < -0.3 is 27.0 Å². The average Bonchev–Trinajstić information content (AvgIpc) is 1.56.